The van der Waals surface area contributed by atoms with E-state index in [0.29, 0.717) is 10.7 Å². The Labute approximate surface area is 120 Å². The minimum Gasteiger partial charge on any atom is -0.480 e. The molecule has 6 nitrogen and oxygen atoms in total. The van der Waals surface area contributed by atoms with Crippen molar-refractivity contribution in [2.45, 2.75) is 33.4 Å². The molecule has 0 saturated carbocycles. The molecular weight excluding hydrogens is 278 g/mol. The Morgan fingerprint density at radius 1 is 1.55 bits per heavy atom. The van der Waals surface area contributed by atoms with Crippen molar-refractivity contribution in [2.75, 3.05) is 0 Å². The highest BCUT2D eigenvalue weighted by Crippen LogP contribution is 2.11. The lowest BCUT2D eigenvalue weighted by molar-refractivity contribution is -0.140. The highest BCUT2D eigenvalue weighted by atomic mass is 32.1. The van der Waals surface area contributed by atoms with Crippen LogP contribution in [0.5, 0.6) is 0 Å². The third-order valence-corrected chi connectivity index (χ3v) is 4.01. The Hall–Kier alpha value is -1.73. The number of hydrogen-bond acceptors (Lipinski definition) is 5. The molecule has 0 spiro atoms. The minimum atomic E-state index is -0.898. The van der Waals surface area contributed by atoms with E-state index in [1.807, 2.05) is 26.2 Å². The lowest BCUT2D eigenvalue weighted by Gasteiger charge is -2.17. The molecule has 1 unspecified atom stereocenters. The minimum absolute atomic E-state index is 0.0405. The summed E-state index contributed by atoms with van der Waals surface area (Å²) in [4.78, 5) is 28.1. The number of hydrogen-bond donors (Lipinski definition) is 2. The first-order chi connectivity index (χ1) is 9.40. The maximum Gasteiger partial charge on any atom is 0.320 e. The second-order valence-electron chi connectivity index (χ2n) is 5.02. The van der Waals surface area contributed by atoms with Crippen molar-refractivity contribution in [3.63, 3.8) is 0 Å². The molecule has 20 heavy (non-hydrogen) atoms. The first-order valence-electron chi connectivity index (χ1n) is 6.33. The second kappa shape index (κ2) is 5.72. The van der Waals surface area contributed by atoms with Crippen molar-refractivity contribution in [1.82, 2.24) is 14.7 Å². The molecule has 0 amide bonds. The van der Waals surface area contributed by atoms with Crippen LogP contribution < -0.4 is 10.9 Å². The van der Waals surface area contributed by atoms with Crippen LogP contribution in [-0.2, 0) is 11.3 Å². The van der Waals surface area contributed by atoms with E-state index in [1.165, 1.54) is 17.4 Å². The topological polar surface area (TPSA) is 83.7 Å². The highest BCUT2D eigenvalue weighted by molar-refractivity contribution is 7.15. The predicted octanol–water partition coefficient (Wildman–Crippen LogP) is 1.26. The maximum atomic E-state index is 12.0. The molecule has 0 saturated heterocycles. The predicted molar refractivity (Wildman–Crippen MR) is 77.2 cm³/mol. The van der Waals surface area contributed by atoms with Crippen molar-refractivity contribution >= 4 is 22.3 Å². The van der Waals surface area contributed by atoms with E-state index in [0.717, 1.165) is 5.69 Å². The highest BCUT2D eigenvalue weighted by Gasteiger charge is 2.20. The summed E-state index contributed by atoms with van der Waals surface area (Å²) in [5.41, 5.74) is 1.28. The number of rotatable bonds is 5. The van der Waals surface area contributed by atoms with E-state index in [-0.39, 0.29) is 18.0 Å². The summed E-state index contributed by atoms with van der Waals surface area (Å²) in [6, 6.07) is 0.791. The van der Waals surface area contributed by atoms with Crippen LogP contribution in [0.25, 0.3) is 4.96 Å². The number of nitrogens with one attached hydrogen (secondary N) is 1. The molecule has 0 aromatic carbocycles. The molecule has 2 rings (SSSR count). The molecule has 2 heterocycles. The molecule has 0 aliphatic heterocycles. The average Bonchev–Trinajstić information content (AvgIpc) is 2.70. The first-order valence-corrected chi connectivity index (χ1v) is 7.21. The third-order valence-electron chi connectivity index (χ3n) is 3.06. The summed E-state index contributed by atoms with van der Waals surface area (Å²) in [5.74, 6) is -0.939. The fourth-order valence-corrected chi connectivity index (χ4v) is 2.90. The quantitative estimate of drug-likeness (QED) is 0.867. The number of thiazole rings is 1. The van der Waals surface area contributed by atoms with Crippen LogP contribution >= 0.6 is 11.3 Å². The maximum absolute atomic E-state index is 12.0. The first kappa shape index (κ1) is 14.7. The summed E-state index contributed by atoms with van der Waals surface area (Å²) in [6.45, 7) is 5.78. The number of aliphatic carboxylic acids is 1. The van der Waals surface area contributed by atoms with Gasteiger partial charge in [-0.1, -0.05) is 13.8 Å². The molecule has 0 fully saturated rings. The van der Waals surface area contributed by atoms with Gasteiger partial charge in [0.2, 0.25) is 0 Å². The van der Waals surface area contributed by atoms with Gasteiger partial charge in [-0.05, 0) is 12.8 Å². The Kier molecular flexibility index (Phi) is 4.20. The van der Waals surface area contributed by atoms with Crippen molar-refractivity contribution in [3.05, 3.63) is 33.2 Å². The second-order valence-corrected chi connectivity index (χ2v) is 5.86. The molecule has 2 N–H and O–H groups in total. The van der Waals surface area contributed by atoms with Gasteiger partial charge in [-0.2, -0.15) is 0 Å². The zero-order valence-electron chi connectivity index (χ0n) is 11.6. The van der Waals surface area contributed by atoms with E-state index in [2.05, 4.69) is 10.3 Å². The fourth-order valence-electron chi connectivity index (χ4n) is 2.01. The summed E-state index contributed by atoms with van der Waals surface area (Å²) >= 11 is 1.40. The summed E-state index contributed by atoms with van der Waals surface area (Å²) in [7, 11) is 0. The monoisotopic (exact) mass is 295 g/mol. The number of carboxylic acids is 1. The summed E-state index contributed by atoms with van der Waals surface area (Å²) < 4.78 is 1.55. The molecule has 0 radical (unpaired) electrons. The molecule has 0 bridgehead atoms. The van der Waals surface area contributed by atoms with E-state index < -0.39 is 12.0 Å². The van der Waals surface area contributed by atoms with Crippen molar-refractivity contribution in [3.8, 4) is 0 Å². The van der Waals surface area contributed by atoms with Crippen LogP contribution in [0.2, 0.25) is 0 Å². The summed E-state index contributed by atoms with van der Waals surface area (Å²) in [6.07, 6.45) is 0. The largest absolute Gasteiger partial charge is 0.480 e. The normalized spacial score (nSPS) is 13.0. The zero-order chi connectivity index (χ0) is 14.9. The zero-order valence-corrected chi connectivity index (χ0v) is 12.4. The van der Waals surface area contributed by atoms with Gasteiger partial charge >= 0.3 is 5.97 Å². The van der Waals surface area contributed by atoms with E-state index >= 15 is 0 Å². The van der Waals surface area contributed by atoms with Gasteiger partial charge in [-0.15, -0.1) is 11.3 Å². The van der Waals surface area contributed by atoms with Crippen LogP contribution in [0.3, 0.4) is 0 Å². The fraction of sp³-hybridized carbons (Fsp3) is 0.462. The van der Waals surface area contributed by atoms with Gasteiger partial charge in [-0.3, -0.25) is 19.3 Å². The Morgan fingerprint density at radius 3 is 2.85 bits per heavy atom. The van der Waals surface area contributed by atoms with Gasteiger partial charge in [0.25, 0.3) is 5.56 Å². The van der Waals surface area contributed by atoms with Crippen molar-refractivity contribution in [2.24, 2.45) is 5.92 Å². The molecule has 1 atom stereocenters. The molecular formula is C13H17N3O3S. The van der Waals surface area contributed by atoms with E-state index in [1.54, 1.807) is 4.40 Å². The molecule has 0 aliphatic carbocycles. The van der Waals surface area contributed by atoms with Crippen LogP contribution in [0.1, 0.15) is 25.2 Å². The SMILES string of the molecule is Cc1csc2nc(CNC(C(=O)O)C(C)C)cc(=O)n12. The van der Waals surface area contributed by atoms with Crippen molar-refractivity contribution in [1.29, 1.82) is 0 Å². The lowest BCUT2D eigenvalue weighted by Crippen LogP contribution is -2.40. The van der Waals surface area contributed by atoms with E-state index in [4.69, 9.17) is 5.11 Å². The van der Waals surface area contributed by atoms with Gasteiger partial charge in [0, 0.05) is 23.7 Å². The third kappa shape index (κ3) is 2.88. The molecule has 108 valence electrons. The molecule has 0 aliphatic rings. The number of fused-ring (bicyclic) bond motifs is 1. The van der Waals surface area contributed by atoms with Crippen LogP contribution in [-0.4, -0.2) is 26.5 Å². The number of aryl methyl sites for hydroxylation is 1. The van der Waals surface area contributed by atoms with Gasteiger partial charge in [0.15, 0.2) is 4.96 Å². The van der Waals surface area contributed by atoms with Gasteiger partial charge in [-0.25, -0.2) is 4.98 Å². The molecule has 2 aromatic heterocycles. The number of nitrogens with zero attached hydrogens (tertiary/aromatic N) is 2. The van der Waals surface area contributed by atoms with Crippen LogP contribution in [0.4, 0.5) is 0 Å². The molecule has 7 heteroatoms. The van der Waals surface area contributed by atoms with Gasteiger partial charge in [0.05, 0.1) is 5.69 Å². The Morgan fingerprint density at radius 2 is 2.25 bits per heavy atom. The Bertz CT molecular complexity index is 690. The number of carboxylic acid groups (broad SMARTS) is 1. The lowest BCUT2D eigenvalue weighted by atomic mass is 10.0. The smallest absolute Gasteiger partial charge is 0.320 e. The number of aromatic nitrogens is 2. The average molecular weight is 295 g/mol. The molecule has 2 aromatic rings. The van der Waals surface area contributed by atoms with Crippen LogP contribution in [0, 0.1) is 12.8 Å². The Balaban J connectivity index is 2.22. The van der Waals surface area contributed by atoms with Crippen molar-refractivity contribution < 1.29 is 9.90 Å². The van der Waals surface area contributed by atoms with Gasteiger partial charge < -0.3 is 5.11 Å². The van der Waals surface area contributed by atoms with Gasteiger partial charge in [0.1, 0.15) is 6.04 Å². The van der Waals surface area contributed by atoms with Crippen LogP contribution in [0.15, 0.2) is 16.2 Å². The standard InChI is InChI=1S/C13H17N3O3S/c1-7(2)11(12(18)19)14-5-9-4-10(17)16-8(3)6-20-13(16)15-9/h4,6-7,11,14H,5H2,1-3H3,(H,18,19). The summed E-state index contributed by atoms with van der Waals surface area (Å²) in [5, 5.41) is 13.9. The number of carbonyl (C=O) groups is 1. The van der Waals surface area contributed by atoms with E-state index in [9.17, 15) is 9.59 Å².